The van der Waals surface area contributed by atoms with Crippen LogP contribution in [0.25, 0.3) is 11.0 Å². The van der Waals surface area contributed by atoms with Crippen molar-refractivity contribution in [3.05, 3.63) is 21.5 Å². The van der Waals surface area contributed by atoms with Crippen LogP contribution in [-0.4, -0.2) is 50.2 Å². The first-order valence-corrected chi connectivity index (χ1v) is 8.07. The number of hydrogen-bond acceptors (Lipinski definition) is 5. The van der Waals surface area contributed by atoms with E-state index in [1.54, 1.807) is 0 Å². The third kappa shape index (κ3) is 3.71. The lowest BCUT2D eigenvalue weighted by Crippen LogP contribution is -2.29. The summed E-state index contributed by atoms with van der Waals surface area (Å²) in [6, 6.07) is 1.13. The molecule has 7 nitrogen and oxygen atoms in total. The van der Waals surface area contributed by atoms with Gasteiger partial charge in [-0.2, -0.15) is 18.2 Å². The smallest absolute Gasteiger partial charge is 0.434 e. The number of alkyl halides is 3. The van der Waals surface area contributed by atoms with Crippen molar-refractivity contribution >= 4 is 44.7 Å². The number of nitrogens with zero attached hydrogens (tertiary/aromatic N) is 4. The Labute approximate surface area is 151 Å². The predicted molar refractivity (Wildman–Crippen MR) is 83.7 cm³/mol. The number of rotatable bonds is 2. The van der Waals surface area contributed by atoms with E-state index < -0.39 is 24.1 Å². The van der Waals surface area contributed by atoms with E-state index in [4.69, 9.17) is 21.4 Å². The Hall–Kier alpha value is -1.88. The van der Waals surface area contributed by atoms with Gasteiger partial charge in [-0.15, -0.1) is 0 Å². The Morgan fingerprint density at radius 3 is 2.72 bits per heavy atom. The molecule has 2 aromatic heterocycles. The van der Waals surface area contributed by atoms with Crippen molar-refractivity contribution < 1.29 is 27.8 Å². The van der Waals surface area contributed by atoms with Crippen LogP contribution in [0.2, 0.25) is 5.28 Å². The molecule has 1 fully saturated rings. The molecular formula is C13H9BrClF3N4O3. The van der Waals surface area contributed by atoms with Gasteiger partial charge in [0.05, 0.1) is 16.5 Å². The summed E-state index contributed by atoms with van der Waals surface area (Å²) in [7, 11) is 0. The Balaban J connectivity index is 2.01. The fraction of sp³-hybridized carbons (Fsp3) is 0.385. The molecule has 12 heteroatoms. The van der Waals surface area contributed by atoms with Crippen LogP contribution in [0, 0.1) is 0 Å². The van der Waals surface area contributed by atoms with Gasteiger partial charge >= 0.3 is 12.3 Å². The van der Waals surface area contributed by atoms with E-state index >= 15 is 0 Å². The maximum atomic E-state index is 13.1. The number of ether oxygens (including phenoxy) is 1. The van der Waals surface area contributed by atoms with Crippen LogP contribution < -0.4 is 4.74 Å². The molecule has 134 valence electrons. The number of carbonyl (C=O) groups is 1. The predicted octanol–water partition coefficient (Wildman–Crippen LogP) is 3.59. The number of likely N-dealkylation sites (tertiary alicyclic amines) is 1. The van der Waals surface area contributed by atoms with E-state index in [0.29, 0.717) is 6.42 Å². The van der Waals surface area contributed by atoms with Crippen molar-refractivity contribution in [1.29, 1.82) is 0 Å². The summed E-state index contributed by atoms with van der Waals surface area (Å²) < 4.78 is 44.5. The SMILES string of the molecule is O=C(O)N1CC[C@@H](Oc2nc(Cl)nc3cc(Br)c(C(F)(F)F)nc23)C1. The van der Waals surface area contributed by atoms with Crippen LogP contribution in [0.4, 0.5) is 18.0 Å². The summed E-state index contributed by atoms with van der Waals surface area (Å²) in [5.41, 5.74) is -1.27. The molecule has 0 unspecified atom stereocenters. The van der Waals surface area contributed by atoms with Crippen LogP contribution in [0.15, 0.2) is 10.5 Å². The standard InChI is InChI=1S/C13H9BrClF3N4O3/c14-6-3-7-8(20-9(6)13(16,17)18)10(21-11(15)19-7)25-5-1-2-22(4-5)12(23)24/h3,5H,1-2,4H2,(H,23,24)/t5-/m1/s1. The van der Waals surface area contributed by atoms with E-state index in [-0.39, 0.29) is 39.8 Å². The highest BCUT2D eigenvalue weighted by Crippen LogP contribution is 2.36. The molecule has 1 N–H and O–H groups in total. The quantitative estimate of drug-likeness (QED) is 0.717. The van der Waals surface area contributed by atoms with Gasteiger partial charge in [-0.25, -0.2) is 14.8 Å². The van der Waals surface area contributed by atoms with Gasteiger partial charge in [0.1, 0.15) is 6.10 Å². The van der Waals surface area contributed by atoms with Crippen LogP contribution in [0.3, 0.4) is 0 Å². The van der Waals surface area contributed by atoms with Gasteiger partial charge in [-0.1, -0.05) is 0 Å². The topological polar surface area (TPSA) is 88.4 Å². The second-order valence-electron chi connectivity index (χ2n) is 5.24. The molecule has 1 saturated heterocycles. The third-order valence-electron chi connectivity index (χ3n) is 3.53. The molecule has 2 aromatic rings. The highest BCUT2D eigenvalue weighted by molar-refractivity contribution is 9.10. The molecule has 0 bridgehead atoms. The van der Waals surface area contributed by atoms with E-state index in [9.17, 15) is 18.0 Å². The second-order valence-corrected chi connectivity index (χ2v) is 6.43. The zero-order valence-electron chi connectivity index (χ0n) is 12.2. The van der Waals surface area contributed by atoms with Gasteiger partial charge in [-0.05, 0) is 33.6 Å². The highest BCUT2D eigenvalue weighted by atomic mass is 79.9. The summed E-state index contributed by atoms with van der Waals surface area (Å²) >= 11 is 8.61. The fourth-order valence-electron chi connectivity index (χ4n) is 2.42. The molecule has 25 heavy (non-hydrogen) atoms. The van der Waals surface area contributed by atoms with Crippen LogP contribution in [-0.2, 0) is 6.18 Å². The summed E-state index contributed by atoms with van der Waals surface area (Å²) in [5.74, 6) is -0.217. The summed E-state index contributed by atoms with van der Waals surface area (Å²) in [6.07, 6.45) is -5.97. The average molecular weight is 442 g/mol. The molecule has 0 aliphatic carbocycles. The van der Waals surface area contributed by atoms with Crippen molar-refractivity contribution in [2.45, 2.75) is 18.7 Å². The number of hydrogen-bond donors (Lipinski definition) is 1. The van der Waals surface area contributed by atoms with Gasteiger partial charge in [0.2, 0.25) is 11.2 Å². The minimum atomic E-state index is -4.68. The largest absolute Gasteiger partial charge is 0.471 e. The molecule has 0 spiro atoms. The van der Waals surface area contributed by atoms with Crippen molar-refractivity contribution in [2.75, 3.05) is 13.1 Å². The van der Waals surface area contributed by atoms with Crippen LogP contribution in [0.5, 0.6) is 5.88 Å². The monoisotopic (exact) mass is 440 g/mol. The van der Waals surface area contributed by atoms with Gasteiger partial charge in [-0.3, -0.25) is 0 Å². The molecular weight excluding hydrogens is 433 g/mol. The van der Waals surface area contributed by atoms with Crippen molar-refractivity contribution in [1.82, 2.24) is 19.9 Å². The molecule has 3 heterocycles. The van der Waals surface area contributed by atoms with Gasteiger partial charge in [0.25, 0.3) is 0 Å². The van der Waals surface area contributed by atoms with Crippen molar-refractivity contribution in [3.63, 3.8) is 0 Å². The van der Waals surface area contributed by atoms with E-state index in [1.807, 2.05) is 0 Å². The third-order valence-corrected chi connectivity index (χ3v) is 4.30. The minimum absolute atomic E-state index is 0.0705. The number of carboxylic acid groups (broad SMARTS) is 1. The molecule has 1 aliphatic rings. The zero-order chi connectivity index (χ0) is 18.4. The number of halogens is 5. The Kier molecular flexibility index (Phi) is 4.62. The van der Waals surface area contributed by atoms with Gasteiger partial charge < -0.3 is 14.7 Å². The van der Waals surface area contributed by atoms with E-state index in [1.165, 1.54) is 0 Å². The summed E-state index contributed by atoms with van der Waals surface area (Å²) in [5, 5.41) is 8.73. The maximum Gasteiger partial charge on any atom is 0.434 e. The first-order chi connectivity index (χ1) is 11.6. The van der Waals surface area contributed by atoms with Crippen LogP contribution in [0.1, 0.15) is 12.1 Å². The average Bonchev–Trinajstić information content (AvgIpc) is 2.93. The van der Waals surface area contributed by atoms with Crippen molar-refractivity contribution in [3.8, 4) is 5.88 Å². The van der Waals surface area contributed by atoms with E-state index in [0.717, 1.165) is 11.0 Å². The molecule has 1 atom stereocenters. The number of pyridine rings is 1. The molecule has 0 saturated carbocycles. The Morgan fingerprint density at radius 1 is 1.40 bits per heavy atom. The minimum Gasteiger partial charge on any atom is -0.471 e. The van der Waals surface area contributed by atoms with Crippen molar-refractivity contribution in [2.24, 2.45) is 0 Å². The molecule has 0 radical (unpaired) electrons. The lowest BCUT2D eigenvalue weighted by Gasteiger charge is -2.16. The summed E-state index contributed by atoms with van der Waals surface area (Å²) in [4.78, 5) is 23.3. The lowest BCUT2D eigenvalue weighted by atomic mass is 10.3. The summed E-state index contributed by atoms with van der Waals surface area (Å²) in [6.45, 7) is 0.324. The molecule has 0 aromatic carbocycles. The Bertz CT molecular complexity index is 851. The first kappa shape index (κ1) is 17.9. The zero-order valence-corrected chi connectivity index (χ0v) is 14.6. The molecule has 1 aliphatic heterocycles. The maximum absolute atomic E-state index is 13.1. The number of amides is 1. The number of fused-ring (bicyclic) bond motifs is 1. The number of aromatic nitrogens is 3. The van der Waals surface area contributed by atoms with E-state index in [2.05, 4.69) is 30.9 Å². The Morgan fingerprint density at radius 2 is 2.12 bits per heavy atom. The highest BCUT2D eigenvalue weighted by Gasteiger charge is 2.36. The normalized spacial score (nSPS) is 18.0. The first-order valence-electron chi connectivity index (χ1n) is 6.90. The second kappa shape index (κ2) is 6.45. The van der Waals surface area contributed by atoms with Gasteiger partial charge in [0.15, 0.2) is 11.2 Å². The molecule has 3 rings (SSSR count). The van der Waals surface area contributed by atoms with Gasteiger partial charge in [0, 0.05) is 13.0 Å². The van der Waals surface area contributed by atoms with Crippen LogP contribution >= 0.6 is 27.5 Å². The fourth-order valence-corrected chi connectivity index (χ4v) is 3.12. The lowest BCUT2D eigenvalue weighted by molar-refractivity contribution is -0.141. The molecule has 1 amide bonds.